The summed E-state index contributed by atoms with van der Waals surface area (Å²) in [5.41, 5.74) is 1.17. The summed E-state index contributed by atoms with van der Waals surface area (Å²) in [6.45, 7) is 8.56. The van der Waals surface area contributed by atoms with Gasteiger partial charge in [0.1, 0.15) is 0 Å². The van der Waals surface area contributed by atoms with Gasteiger partial charge in [-0.05, 0) is 27.2 Å². The molecule has 1 aromatic heterocycles. The first-order valence-electron chi connectivity index (χ1n) is 5.99. The van der Waals surface area contributed by atoms with E-state index < -0.39 is 0 Å². The van der Waals surface area contributed by atoms with Gasteiger partial charge in [-0.1, -0.05) is 6.92 Å². The van der Waals surface area contributed by atoms with Crippen LogP contribution in [0.1, 0.15) is 51.8 Å². The average molecular weight is 225 g/mol. The maximum Gasteiger partial charge on any atom is 0.0584 e. The van der Waals surface area contributed by atoms with Gasteiger partial charge in [-0.3, -0.25) is 4.68 Å². The Labute approximate surface area is 97.7 Å². The molecule has 0 aromatic carbocycles. The Kier molecular flexibility index (Phi) is 4.96. The molecule has 92 valence electrons. The third kappa shape index (κ3) is 3.32. The molecule has 4 heteroatoms. The van der Waals surface area contributed by atoms with Crippen LogP contribution in [0.15, 0.2) is 12.4 Å². The predicted octanol–water partition coefficient (Wildman–Crippen LogP) is 1.89. The molecule has 1 rings (SSSR count). The van der Waals surface area contributed by atoms with Gasteiger partial charge in [0, 0.05) is 29.9 Å². The van der Waals surface area contributed by atoms with E-state index in [1.54, 1.807) is 0 Å². The molecule has 0 fully saturated rings. The first-order valence-corrected chi connectivity index (χ1v) is 5.99. The molecule has 0 saturated heterocycles. The number of rotatable bonds is 6. The first-order chi connectivity index (χ1) is 7.58. The molecule has 0 aliphatic rings. The molecule has 0 bridgehead atoms. The number of aromatic nitrogens is 2. The molecule has 1 aromatic rings. The average Bonchev–Trinajstić information content (AvgIpc) is 2.74. The van der Waals surface area contributed by atoms with E-state index in [1.807, 2.05) is 10.9 Å². The summed E-state index contributed by atoms with van der Waals surface area (Å²) in [5, 5.41) is 16.8. The SMILES string of the molecule is CCC(CO)NC(C)c1cnn(C(C)C)c1. The van der Waals surface area contributed by atoms with Crippen LogP contribution in [0.3, 0.4) is 0 Å². The molecule has 0 radical (unpaired) electrons. The fourth-order valence-corrected chi connectivity index (χ4v) is 1.61. The number of aliphatic hydroxyl groups is 1. The molecule has 0 spiro atoms. The largest absolute Gasteiger partial charge is 0.395 e. The van der Waals surface area contributed by atoms with Gasteiger partial charge in [-0.2, -0.15) is 5.10 Å². The van der Waals surface area contributed by atoms with Crippen LogP contribution in [-0.2, 0) is 0 Å². The maximum atomic E-state index is 9.13. The number of nitrogens with one attached hydrogen (secondary N) is 1. The van der Waals surface area contributed by atoms with Crippen molar-refractivity contribution < 1.29 is 5.11 Å². The third-order valence-electron chi connectivity index (χ3n) is 2.85. The van der Waals surface area contributed by atoms with Crippen molar-refractivity contribution in [1.82, 2.24) is 15.1 Å². The van der Waals surface area contributed by atoms with Crippen molar-refractivity contribution in [2.75, 3.05) is 6.61 Å². The minimum atomic E-state index is 0.164. The summed E-state index contributed by atoms with van der Waals surface area (Å²) < 4.78 is 1.95. The van der Waals surface area contributed by atoms with Gasteiger partial charge in [0.25, 0.3) is 0 Å². The predicted molar refractivity (Wildman–Crippen MR) is 65.3 cm³/mol. The summed E-state index contributed by atoms with van der Waals surface area (Å²) in [6.07, 6.45) is 4.88. The molecule has 0 amide bonds. The Hall–Kier alpha value is -0.870. The molecule has 0 aliphatic carbocycles. The summed E-state index contributed by atoms with van der Waals surface area (Å²) in [4.78, 5) is 0. The fraction of sp³-hybridized carbons (Fsp3) is 0.750. The van der Waals surface area contributed by atoms with E-state index >= 15 is 0 Å². The summed E-state index contributed by atoms with van der Waals surface area (Å²) in [5.74, 6) is 0. The summed E-state index contributed by atoms with van der Waals surface area (Å²) in [7, 11) is 0. The normalized spacial score (nSPS) is 15.4. The van der Waals surface area contributed by atoms with E-state index in [1.165, 1.54) is 5.56 Å². The Bertz CT molecular complexity index is 305. The van der Waals surface area contributed by atoms with Crippen molar-refractivity contribution in [2.24, 2.45) is 0 Å². The second-order valence-electron chi connectivity index (χ2n) is 4.52. The molecule has 1 heterocycles. The molecule has 0 aliphatic heterocycles. The van der Waals surface area contributed by atoms with Crippen LogP contribution < -0.4 is 5.32 Å². The zero-order valence-corrected chi connectivity index (χ0v) is 10.6. The van der Waals surface area contributed by atoms with Gasteiger partial charge in [-0.25, -0.2) is 0 Å². The molecule has 2 atom stereocenters. The van der Waals surface area contributed by atoms with Gasteiger partial charge < -0.3 is 10.4 Å². The van der Waals surface area contributed by atoms with Crippen LogP contribution in [0.4, 0.5) is 0 Å². The minimum Gasteiger partial charge on any atom is -0.395 e. The molecule has 4 nitrogen and oxygen atoms in total. The Balaban J connectivity index is 2.61. The molecule has 2 unspecified atom stereocenters. The van der Waals surface area contributed by atoms with Gasteiger partial charge in [0.15, 0.2) is 0 Å². The van der Waals surface area contributed by atoms with E-state index in [-0.39, 0.29) is 18.7 Å². The van der Waals surface area contributed by atoms with Gasteiger partial charge in [-0.15, -0.1) is 0 Å². The molecule has 0 saturated carbocycles. The highest BCUT2D eigenvalue weighted by Gasteiger charge is 2.13. The standard InChI is InChI=1S/C12H23N3O/c1-5-12(8-16)14-10(4)11-6-13-15(7-11)9(2)3/h6-7,9-10,12,14,16H,5,8H2,1-4H3. The van der Waals surface area contributed by atoms with Gasteiger partial charge >= 0.3 is 0 Å². The van der Waals surface area contributed by atoms with E-state index in [4.69, 9.17) is 5.11 Å². The second-order valence-corrected chi connectivity index (χ2v) is 4.52. The Morgan fingerprint density at radius 2 is 2.12 bits per heavy atom. The molecular weight excluding hydrogens is 202 g/mol. The quantitative estimate of drug-likeness (QED) is 0.777. The lowest BCUT2D eigenvalue weighted by Gasteiger charge is -2.19. The molecular formula is C12H23N3O. The van der Waals surface area contributed by atoms with Crippen molar-refractivity contribution in [2.45, 2.75) is 52.2 Å². The van der Waals surface area contributed by atoms with E-state index in [0.29, 0.717) is 6.04 Å². The number of hydrogen-bond acceptors (Lipinski definition) is 3. The van der Waals surface area contributed by atoms with E-state index in [9.17, 15) is 0 Å². The van der Waals surface area contributed by atoms with Crippen molar-refractivity contribution in [3.63, 3.8) is 0 Å². The van der Waals surface area contributed by atoms with E-state index in [0.717, 1.165) is 6.42 Å². The highest BCUT2D eigenvalue weighted by Crippen LogP contribution is 2.14. The van der Waals surface area contributed by atoms with Crippen molar-refractivity contribution in [3.8, 4) is 0 Å². The fourth-order valence-electron chi connectivity index (χ4n) is 1.61. The second kappa shape index (κ2) is 6.01. The zero-order valence-electron chi connectivity index (χ0n) is 10.6. The third-order valence-corrected chi connectivity index (χ3v) is 2.85. The first kappa shape index (κ1) is 13.2. The lowest BCUT2D eigenvalue weighted by atomic mass is 10.1. The number of nitrogens with zero attached hydrogens (tertiary/aromatic N) is 2. The lowest BCUT2D eigenvalue weighted by Crippen LogP contribution is -2.33. The highest BCUT2D eigenvalue weighted by molar-refractivity contribution is 5.09. The summed E-state index contributed by atoms with van der Waals surface area (Å²) in [6, 6.07) is 0.780. The number of aliphatic hydroxyl groups excluding tert-OH is 1. The van der Waals surface area contributed by atoms with Crippen LogP contribution in [-0.4, -0.2) is 27.5 Å². The molecule has 16 heavy (non-hydrogen) atoms. The van der Waals surface area contributed by atoms with Gasteiger partial charge in [0.2, 0.25) is 0 Å². The maximum absolute atomic E-state index is 9.13. The number of hydrogen-bond donors (Lipinski definition) is 2. The van der Waals surface area contributed by atoms with Gasteiger partial charge in [0.05, 0.1) is 12.8 Å². The smallest absolute Gasteiger partial charge is 0.0584 e. The lowest BCUT2D eigenvalue weighted by molar-refractivity contribution is 0.230. The van der Waals surface area contributed by atoms with Crippen molar-refractivity contribution >= 4 is 0 Å². The highest BCUT2D eigenvalue weighted by atomic mass is 16.3. The zero-order chi connectivity index (χ0) is 12.1. The monoisotopic (exact) mass is 225 g/mol. The van der Waals surface area contributed by atoms with Crippen LogP contribution in [0, 0.1) is 0 Å². The Morgan fingerprint density at radius 1 is 1.44 bits per heavy atom. The van der Waals surface area contributed by atoms with Crippen LogP contribution in [0.25, 0.3) is 0 Å². The molecule has 2 N–H and O–H groups in total. The van der Waals surface area contributed by atoms with E-state index in [2.05, 4.69) is 44.3 Å². The topological polar surface area (TPSA) is 50.1 Å². The van der Waals surface area contributed by atoms with Crippen LogP contribution in [0.2, 0.25) is 0 Å². The van der Waals surface area contributed by atoms with Crippen molar-refractivity contribution in [1.29, 1.82) is 0 Å². The van der Waals surface area contributed by atoms with Crippen LogP contribution in [0.5, 0.6) is 0 Å². The minimum absolute atomic E-state index is 0.164. The van der Waals surface area contributed by atoms with Crippen molar-refractivity contribution in [3.05, 3.63) is 18.0 Å². The summed E-state index contributed by atoms with van der Waals surface area (Å²) >= 11 is 0. The van der Waals surface area contributed by atoms with Crippen LogP contribution >= 0.6 is 0 Å². The Morgan fingerprint density at radius 3 is 2.56 bits per heavy atom.